The van der Waals surface area contributed by atoms with E-state index in [1.165, 1.54) is 0 Å². The van der Waals surface area contributed by atoms with Gasteiger partial charge in [0.25, 0.3) is 0 Å². The Labute approximate surface area is 129 Å². The molecular weight excluding hydrogens is 280 g/mol. The van der Waals surface area contributed by atoms with E-state index in [-0.39, 0.29) is 5.91 Å². The topological polar surface area (TPSA) is 41.1 Å². The molecule has 2 aromatic rings. The van der Waals surface area contributed by atoms with Crippen molar-refractivity contribution in [1.82, 2.24) is 5.32 Å². The van der Waals surface area contributed by atoms with E-state index in [2.05, 4.69) is 30.5 Å². The van der Waals surface area contributed by atoms with Gasteiger partial charge in [-0.25, -0.2) is 0 Å². The lowest BCUT2D eigenvalue weighted by atomic mass is 10.2. The zero-order valence-corrected chi connectivity index (χ0v) is 13.1. The minimum absolute atomic E-state index is 0.0781. The van der Waals surface area contributed by atoms with Crippen LogP contribution < -0.4 is 10.6 Å². The fourth-order valence-electron chi connectivity index (χ4n) is 1.90. The average Bonchev–Trinajstić information content (AvgIpc) is 2.96. The highest BCUT2D eigenvalue weighted by atomic mass is 32.1. The van der Waals surface area contributed by atoms with Gasteiger partial charge in [0.2, 0.25) is 5.91 Å². The number of hydrogen-bond donors (Lipinski definition) is 2. The van der Waals surface area contributed by atoms with Crippen molar-refractivity contribution in [3.8, 4) is 0 Å². The molecule has 2 N–H and O–H groups in total. The highest BCUT2D eigenvalue weighted by molar-refractivity contribution is 7.10. The van der Waals surface area contributed by atoms with Crippen LogP contribution in [-0.2, 0) is 11.3 Å². The molecule has 110 valence electrons. The van der Waals surface area contributed by atoms with E-state index >= 15 is 0 Å². The van der Waals surface area contributed by atoms with Gasteiger partial charge in [-0.3, -0.25) is 4.79 Å². The van der Waals surface area contributed by atoms with Crippen molar-refractivity contribution in [2.24, 2.45) is 0 Å². The number of hydrogen-bond acceptors (Lipinski definition) is 3. The fraction of sp³-hybridized carbons (Fsp3) is 0.235. The van der Waals surface area contributed by atoms with Crippen LogP contribution in [0.3, 0.4) is 0 Å². The van der Waals surface area contributed by atoms with E-state index in [1.54, 1.807) is 17.4 Å². The Morgan fingerprint density at radius 3 is 2.86 bits per heavy atom. The van der Waals surface area contributed by atoms with Gasteiger partial charge in [-0.15, -0.1) is 11.3 Å². The van der Waals surface area contributed by atoms with Gasteiger partial charge in [0, 0.05) is 29.2 Å². The molecule has 2 rings (SSSR count). The minimum atomic E-state index is -0.0781. The van der Waals surface area contributed by atoms with Crippen LogP contribution in [0.5, 0.6) is 0 Å². The van der Waals surface area contributed by atoms with Crippen LogP contribution in [0.4, 0.5) is 5.69 Å². The summed E-state index contributed by atoms with van der Waals surface area (Å²) in [5.74, 6) is -0.0781. The first-order valence-electron chi connectivity index (χ1n) is 6.98. The van der Waals surface area contributed by atoms with Gasteiger partial charge in [-0.05, 0) is 49.1 Å². The van der Waals surface area contributed by atoms with E-state index in [0.717, 1.165) is 16.1 Å². The molecule has 0 unspecified atom stereocenters. The molecule has 0 aliphatic carbocycles. The van der Waals surface area contributed by atoms with Gasteiger partial charge in [0.05, 0.1) is 0 Å². The van der Waals surface area contributed by atoms with Crippen LogP contribution in [0.1, 0.15) is 24.3 Å². The van der Waals surface area contributed by atoms with Gasteiger partial charge in [-0.2, -0.15) is 0 Å². The number of anilines is 1. The van der Waals surface area contributed by atoms with Gasteiger partial charge in [-0.1, -0.05) is 18.2 Å². The van der Waals surface area contributed by atoms with Crippen molar-refractivity contribution in [2.75, 3.05) is 5.32 Å². The van der Waals surface area contributed by atoms with E-state index in [1.807, 2.05) is 41.8 Å². The second-order valence-electron chi connectivity index (χ2n) is 5.07. The Morgan fingerprint density at radius 1 is 1.29 bits per heavy atom. The molecule has 0 saturated carbocycles. The van der Waals surface area contributed by atoms with E-state index in [9.17, 15) is 4.79 Å². The highest BCUT2D eigenvalue weighted by Gasteiger charge is 2.00. The van der Waals surface area contributed by atoms with Crippen molar-refractivity contribution in [3.05, 3.63) is 58.3 Å². The SMILES string of the molecule is CC(C)Nc1cccc(CNC(=O)/C=C/c2cccs2)c1. The lowest BCUT2D eigenvalue weighted by molar-refractivity contribution is -0.116. The molecule has 1 aromatic carbocycles. The van der Waals surface area contributed by atoms with Crippen molar-refractivity contribution in [2.45, 2.75) is 26.4 Å². The summed E-state index contributed by atoms with van der Waals surface area (Å²) in [5, 5.41) is 8.24. The molecular formula is C17H20N2OS. The molecule has 0 radical (unpaired) electrons. The molecule has 0 aliphatic rings. The fourth-order valence-corrected chi connectivity index (χ4v) is 2.51. The number of nitrogens with one attached hydrogen (secondary N) is 2. The van der Waals surface area contributed by atoms with Crippen molar-refractivity contribution in [1.29, 1.82) is 0 Å². The number of carbonyl (C=O) groups is 1. The minimum Gasteiger partial charge on any atom is -0.383 e. The van der Waals surface area contributed by atoms with Gasteiger partial charge in [0.15, 0.2) is 0 Å². The maximum atomic E-state index is 11.8. The van der Waals surface area contributed by atoms with E-state index in [4.69, 9.17) is 0 Å². The Balaban J connectivity index is 1.86. The number of rotatable bonds is 6. The maximum Gasteiger partial charge on any atom is 0.244 e. The van der Waals surface area contributed by atoms with Crippen molar-refractivity contribution in [3.63, 3.8) is 0 Å². The van der Waals surface area contributed by atoms with Gasteiger partial charge in [0.1, 0.15) is 0 Å². The van der Waals surface area contributed by atoms with E-state index in [0.29, 0.717) is 12.6 Å². The molecule has 0 bridgehead atoms. The summed E-state index contributed by atoms with van der Waals surface area (Å²) in [6, 6.07) is 12.4. The molecule has 0 saturated heterocycles. The predicted molar refractivity (Wildman–Crippen MR) is 90.4 cm³/mol. The maximum absolute atomic E-state index is 11.8. The summed E-state index contributed by atoms with van der Waals surface area (Å²) in [6.07, 6.45) is 3.40. The quantitative estimate of drug-likeness (QED) is 0.794. The molecule has 0 atom stereocenters. The number of thiophene rings is 1. The molecule has 0 aliphatic heterocycles. The summed E-state index contributed by atoms with van der Waals surface area (Å²) in [6.45, 7) is 4.73. The van der Waals surface area contributed by atoms with Gasteiger partial charge < -0.3 is 10.6 Å². The standard InChI is InChI=1S/C17H20N2OS/c1-13(2)19-15-6-3-5-14(11-15)12-18-17(20)9-8-16-7-4-10-21-16/h3-11,13,19H,12H2,1-2H3,(H,18,20)/b9-8+. The summed E-state index contributed by atoms with van der Waals surface area (Å²) >= 11 is 1.61. The first-order chi connectivity index (χ1) is 10.1. The van der Waals surface area contributed by atoms with Crippen molar-refractivity contribution >= 4 is 29.0 Å². The Bertz CT molecular complexity index is 603. The van der Waals surface area contributed by atoms with Crippen LogP contribution in [0.2, 0.25) is 0 Å². The smallest absolute Gasteiger partial charge is 0.244 e. The summed E-state index contributed by atoms with van der Waals surface area (Å²) in [7, 11) is 0. The molecule has 3 nitrogen and oxygen atoms in total. The zero-order valence-electron chi connectivity index (χ0n) is 12.3. The molecule has 4 heteroatoms. The Kier molecular flexibility index (Phi) is 5.58. The van der Waals surface area contributed by atoms with Gasteiger partial charge >= 0.3 is 0 Å². The van der Waals surface area contributed by atoms with Crippen LogP contribution in [-0.4, -0.2) is 11.9 Å². The van der Waals surface area contributed by atoms with E-state index < -0.39 is 0 Å². The average molecular weight is 300 g/mol. The molecule has 1 amide bonds. The lowest BCUT2D eigenvalue weighted by Gasteiger charge is -2.11. The molecule has 1 aromatic heterocycles. The Morgan fingerprint density at radius 2 is 2.14 bits per heavy atom. The predicted octanol–water partition coefficient (Wildman–Crippen LogP) is 3.90. The third kappa shape index (κ3) is 5.44. The summed E-state index contributed by atoms with van der Waals surface area (Å²) in [5.41, 5.74) is 2.16. The van der Waals surface area contributed by atoms with Crippen LogP contribution >= 0.6 is 11.3 Å². The lowest BCUT2D eigenvalue weighted by Crippen LogP contribution is -2.20. The second-order valence-corrected chi connectivity index (χ2v) is 6.05. The van der Waals surface area contributed by atoms with Crippen LogP contribution in [0.25, 0.3) is 6.08 Å². The largest absolute Gasteiger partial charge is 0.383 e. The van der Waals surface area contributed by atoms with Crippen LogP contribution in [0, 0.1) is 0 Å². The van der Waals surface area contributed by atoms with Crippen LogP contribution in [0.15, 0.2) is 47.9 Å². The monoisotopic (exact) mass is 300 g/mol. The zero-order chi connectivity index (χ0) is 15.1. The summed E-state index contributed by atoms with van der Waals surface area (Å²) < 4.78 is 0. The summed E-state index contributed by atoms with van der Waals surface area (Å²) in [4.78, 5) is 12.8. The first kappa shape index (κ1) is 15.3. The number of benzene rings is 1. The molecule has 21 heavy (non-hydrogen) atoms. The number of carbonyl (C=O) groups excluding carboxylic acids is 1. The highest BCUT2D eigenvalue weighted by Crippen LogP contribution is 2.12. The third-order valence-electron chi connectivity index (χ3n) is 2.79. The molecule has 0 spiro atoms. The molecule has 1 heterocycles. The van der Waals surface area contributed by atoms with Crippen molar-refractivity contribution < 1.29 is 4.79 Å². The molecule has 0 fully saturated rings. The normalized spacial score (nSPS) is 11.0. The second kappa shape index (κ2) is 7.64. The number of amides is 1. The first-order valence-corrected chi connectivity index (χ1v) is 7.86. The third-order valence-corrected chi connectivity index (χ3v) is 3.63. The Hall–Kier alpha value is -2.07.